The minimum Gasteiger partial charge on any atom is -0.481 e. The number of hydrogen-bond donors (Lipinski definition) is 2. The van der Waals surface area contributed by atoms with Crippen molar-refractivity contribution in [3.8, 4) is 17.2 Å². The standard InChI is InChI=1S/C27H30N2O5S/c1-20(27(30)28-21-10-4-2-5-11-21)33-23-16-18-24(19-17-23)35(31,32)29-25-14-8-9-15-26(25)34-22-12-6-3-7-13-22/h3,6-9,12-21,29H,2,4-5,10-11H2,1H3,(H,28,30)/t20-/m1/s1. The van der Waals surface area contributed by atoms with Crippen molar-refractivity contribution in [1.29, 1.82) is 0 Å². The van der Waals surface area contributed by atoms with Crippen molar-refractivity contribution in [1.82, 2.24) is 5.32 Å². The summed E-state index contributed by atoms with van der Waals surface area (Å²) in [5, 5.41) is 3.04. The summed E-state index contributed by atoms with van der Waals surface area (Å²) >= 11 is 0. The van der Waals surface area contributed by atoms with Gasteiger partial charge in [-0.1, -0.05) is 49.6 Å². The SMILES string of the molecule is C[C@@H](Oc1ccc(S(=O)(=O)Nc2ccccc2Oc2ccccc2)cc1)C(=O)NC1CCCCC1. The molecule has 2 N–H and O–H groups in total. The lowest BCUT2D eigenvalue weighted by atomic mass is 9.95. The molecule has 7 nitrogen and oxygen atoms in total. The van der Waals surface area contributed by atoms with Gasteiger partial charge < -0.3 is 14.8 Å². The number of sulfonamides is 1. The number of ether oxygens (including phenoxy) is 2. The molecule has 1 fully saturated rings. The predicted octanol–water partition coefficient (Wildman–Crippen LogP) is 5.50. The molecule has 4 rings (SSSR count). The minimum absolute atomic E-state index is 0.0682. The maximum absolute atomic E-state index is 13.0. The zero-order valence-corrected chi connectivity index (χ0v) is 20.5. The number of benzene rings is 3. The maximum Gasteiger partial charge on any atom is 0.262 e. The smallest absolute Gasteiger partial charge is 0.262 e. The number of anilines is 1. The number of hydrogen-bond acceptors (Lipinski definition) is 5. The van der Waals surface area contributed by atoms with Crippen LogP contribution in [0.25, 0.3) is 0 Å². The summed E-state index contributed by atoms with van der Waals surface area (Å²) in [6.07, 6.45) is 4.79. The van der Waals surface area contributed by atoms with E-state index < -0.39 is 16.1 Å². The van der Waals surface area contributed by atoms with Crippen LogP contribution in [0.5, 0.6) is 17.2 Å². The van der Waals surface area contributed by atoms with Crippen LogP contribution in [0.1, 0.15) is 39.0 Å². The van der Waals surface area contributed by atoms with Gasteiger partial charge in [0.05, 0.1) is 10.6 Å². The highest BCUT2D eigenvalue weighted by Gasteiger charge is 2.21. The van der Waals surface area contributed by atoms with Crippen molar-refractivity contribution < 1.29 is 22.7 Å². The Bertz CT molecular complexity index is 1220. The highest BCUT2D eigenvalue weighted by molar-refractivity contribution is 7.92. The largest absolute Gasteiger partial charge is 0.481 e. The highest BCUT2D eigenvalue weighted by Crippen LogP contribution is 2.31. The molecule has 1 aliphatic rings. The Balaban J connectivity index is 1.39. The molecule has 0 unspecified atom stereocenters. The lowest BCUT2D eigenvalue weighted by Gasteiger charge is -2.24. The molecular formula is C27H30N2O5S. The molecule has 0 radical (unpaired) electrons. The van der Waals surface area contributed by atoms with E-state index in [4.69, 9.17) is 9.47 Å². The maximum atomic E-state index is 13.0. The molecule has 0 saturated heterocycles. The summed E-state index contributed by atoms with van der Waals surface area (Å²) in [4.78, 5) is 12.5. The molecule has 0 aliphatic heterocycles. The average Bonchev–Trinajstić information content (AvgIpc) is 2.86. The third-order valence-corrected chi connectivity index (χ3v) is 7.25. The van der Waals surface area contributed by atoms with Crippen molar-refractivity contribution in [2.45, 2.75) is 56.1 Å². The highest BCUT2D eigenvalue weighted by atomic mass is 32.2. The Morgan fingerprint density at radius 1 is 0.857 bits per heavy atom. The van der Waals surface area contributed by atoms with Gasteiger partial charge in [0.15, 0.2) is 11.9 Å². The van der Waals surface area contributed by atoms with Crippen LogP contribution in [0.3, 0.4) is 0 Å². The Morgan fingerprint density at radius 3 is 2.23 bits per heavy atom. The molecule has 1 atom stereocenters. The van der Waals surface area contributed by atoms with Crippen LogP contribution >= 0.6 is 0 Å². The van der Waals surface area contributed by atoms with Crippen LogP contribution in [-0.2, 0) is 14.8 Å². The van der Waals surface area contributed by atoms with Gasteiger partial charge in [0.2, 0.25) is 0 Å². The second-order valence-corrected chi connectivity index (χ2v) is 10.3. The molecule has 0 bridgehead atoms. The number of amides is 1. The number of carbonyl (C=O) groups excluding carboxylic acids is 1. The summed E-state index contributed by atoms with van der Waals surface area (Å²) in [5.74, 6) is 1.25. The molecule has 1 amide bonds. The first-order valence-electron chi connectivity index (χ1n) is 11.8. The number of nitrogens with one attached hydrogen (secondary N) is 2. The van der Waals surface area contributed by atoms with Gasteiger partial charge in [0.25, 0.3) is 15.9 Å². The topological polar surface area (TPSA) is 93.7 Å². The molecule has 3 aromatic rings. The van der Waals surface area contributed by atoms with E-state index in [1.165, 1.54) is 18.6 Å². The van der Waals surface area contributed by atoms with Gasteiger partial charge in [-0.3, -0.25) is 9.52 Å². The average molecular weight is 495 g/mol. The predicted molar refractivity (Wildman–Crippen MR) is 135 cm³/mol. The molecule has 35 heavy (non-hydrogen) atoms. The van der Waals surface area contributed by atoms with Crippen LogP contribution in [0.15, 0.2) is 83.8 Å². The molecule has 0 aromatic heterocycles. The first-order chi connectivity index (χ1) is 16.9. The van der Waals surface area contributed by atoms with E-state index in [-0.39, 0.29) is 16.8 Å². The second-order valence-electron chi connectivity index (χ2n) is 8.59. The normalized spacial score (nSPS) is 15.1. The summed E-state index contributed by atoms with van der Waals surface area (Å²) in [6.45, 7) is 1.69. The van der Waals surface area contributed by atoms with Gasteiger partial charge in [-0.2, -0.15) is 0 Å². The van der Waals surface area contributed by atoms with Crippen LogP contribution in [0.4, 0.5) is 5.69 Å². The lowest BCUT2D eigenvalue weighted by molar-refractivity contribution is -0.128. The fourth-order valence-corrected chi connectivity index (χ4v) is 5.05. The Labute approximate surface area is 206 Å². The fourth-order valence-electron chi connectivity index (χ4n) is 3.98. The van der Waals surface area contributed by atoms with Crippen molar-refractivity contribution in [3.63, 3.8) is 0 Å². The first kappa shape index (κ1) is 24.6. The second kappa shape index (κ2) is 11.3. The molecule has 184 valence electrons. The van der Waals surface area contributed by atoms with Gasteiger partial charge in [-0.05, 0) is 68.3 Å². The fraction of sp³-hybridized carbons (Fsp3) is 0.296. The van der Waals surface area contributed by atoms with Gasteiger partial charge in [0, 0.05) is 6.04 Å². The molecule has 3 aromatic carbocycles. The Hall–Kier alpha value is -3.52. The molecule has 8 heteroatoms. The van der Waals surface area contributed by atoms with Crippen LogP contribution in [0.2, 0.25) is 0 Å². The summed E-state index contributed by atoms with van der Waals surface area (Å²) in [7, 11) is -3.87. The molecular weight excluding hydrogens is 464 g/mol. The van der Waals surface area contributed by atoms with E-state index >= 15 is 0 Å². The van der Waals surface area contributed by atoms with Crippen LogP contribution in [0, 0.1) is 0 Å². The van der Waals surface area contributed by atoms with Gasteiger partial charge in [0.1, 0.15) is 11.5 Å². The summed E-state index contributed by atoms with van der Waals surface area (Å²) in [5.41, 5.74) is 0.324. The van der Waals surface area contributed by atoms with E-state index in [9.17, 15) is 13.2 Å². The third kappa shape index (κ3) is 6.76. The van der Waals surface area contributed by atoms with E-state index in [0.717, 1.165) is 25.7 Å². The van der Waals surface area contributed by atoms with E-state index in [2.05, 4.69) is 10.0 Å². The zero-order valence-electron chi connectivity index (χ0n) is 19.6. The Morgan fingerprint density at radius 2 is 1.51 bits per heavy atom. The monoisotopic (exact) mass is 494 g/mol. The van der Waals surface area contributed by atoms with Gasteiger partial charge >= 0.3 is 0 Å². The minimum atomic E-state index is -3.87. The molecule has 1 aliphatic carbocycles. The van der Waals surface area contributed by atoms with E-state index in [0.29, 0.717) is 22.9 Å². The Kier molecular flexibility index (Phi) is 7.92. The zero-order chi connectivity index (χ0) is 24.7. The number of carbonyl (C=O) groups is 1. The van der Waals surface area contributed by atoms with Crippen LogP contribution in [-0.4, -0.2) is 26.5 Å². The van der Waals surface area contributed by atoms with Gasteiger partial charge in [-0.25, -0.2) is 8.42 Å². The molecule has 1 saturated carbocycles. The quantitative estimate of drug-likeness (QED) is 0.410. The molecule has 0 spiro atoms. The van der Waals surface area contributed by atoms with Crippen LogP contribution < -0.4 is 19.5 Å². The lowest BCUT2D eigenvalue weighted by Crippen LogP contribution is -2.43. The molecule has 0 heterocycles. The number of rotatable bonds is 9. The number of para-hydroxylation sites is 3. The van der Waals surface area contributed by atoms with Gasteiger partial charge in [-0.15, -0.1) is 0 Å². The summed E-state index contributed by atoms with van der Waals surface area (Å²) in [6, 6.07) is 22.2. The third-order valence-electron chi connectivity index (χ3n) is 5.87. The van der Waals surface area contributed by atoms with Crippen molar-refractivity contribution >= 4 is 21.6 Å². The van der Waals surface area contributed by atoms with Crippen molar-refractivity contribution in [2.24, 2.45) is 0 Å². The summed E-state index contributed by atoms with van der Waals surface area (Å²) < 4.78 is 40.2. The van der Waals surface area contributed by atoms with E-state index in [1.54, 1.807) is 55.5 Å². The van der Waals surface area contributed by atoms with Crippen molar-refractivity contribution in [2.75, 3.05) is 4.72 Å². The first-order valence-corrected chi connectivity index (χ1v) is 13.3. The van der Waals surface area contributed by atoms with Crippen molar-refractivity contribution in [3.05, 3.63) is 78.9 Å². The van der Waals surface area contributed by atoms with E-state index in [1.807, 2.05) is 18.2 Å².